The molecule has 0 aliphatic carbocycles. The van der Waals surface area contributed by atoms with Crippen molar-refractivity contribution >= 4 is 11.8 Å². The predicted octanol–water partition coefficient (Wildman–Crippen LogP) is 12.9. The summed E-state index contributed by atoms with van der Waals surface area (Å²) in [5.74, 6) is 0.852. The van der Waals surface area contributed by atoms with Gasteiger partial charge in [0.05, 0.1) is 0 Å². The minimum atomic E-state index is 0.197. The number of carbonyl (C=O) groups is 2. The normalized spacial score (nSPS) is 12.3. The predicted molar refractivity (Wildman–Crippen MR) is 203 cm³/mol. The zero-order valence-electron chi connectivity index (χ0n) is 31.8. The van der Waals surface area contributed by atoms with Crippen molar-refractivity contribution in [1.82, 2.24) is 10.6 Å². The van der Waals surface area contributed by atoms with Crippen molar-refractivity contribution < 1.29 is 9.59 Å². The van der Waals surface area contributed by atoms with E-state index in [-0.39, 0.29) is 17.9 Å². The van der Waals surface area contributed by atoms with E-state index in [4.69, 9.17) is 0 Å². The molecule has 2 N–H and O–H groups in total. The Balaban J connectivity index is 3.61. The van der Waals surface area contributed by atoms with E-state index in [1.807, 2.05) is 0 Å². The molecule has 0 bridgehead atoms. The van der Waals surface area contributed by atoms with E-state index in [0.29, 0.717) is 18.8 Å². The van der Waals surface area contributed by atoms with Crippen LogP contribution >= 0.6 is 0 Å². The number of hydrogen-bond acceptors (Lipinski definition) is 2. The van der Waals surface area contributed by atoms with Crippen molar-refractivity contribution in [1.29, 1.82) is 0 Å². The molecule has 1 atom stereocenters. The first kappa shape index (κ1) is 44.7. The molecule has 0 saturated carbocycles. The second-order valence-electron chi connectivity index (χ2n) is 14.6. The van der Waals surface area contributed by atoms with E-state index in [2.05, 4.69) is 50.5 Å². The van der Waals surface area contributed by atoms with Crippen LogP contribution in [0, 0.1) is 5.92 Å². The number of carbonyl (C=O) groups excluding carboxylic acids is 2. The highest BCUT2D eigenvalue weighted by atomic mass is 16.2. The van der Waals surface area contributed by atoms with Crippen LogP contribution in [0.3, 0.4) is 0 Å². The third-order valence-electron chi connectivity index (χ3n) is 9.59. The van der Waals surface area contributed by atoms with Gasteiger partial charge in [-0.25, -0.2) is 0 Å². The molecular formula is C42H82N2O2. The number of nitrogens with one attached hydrogen (secondary N) is 2. The van der Waals surface area contributed by atoms with Gasteiger partial charge in [-0.15, -0.1) is 0 Å². The maximum Gasteiger partial charge on any atom is 0.220 e. The first-order valence-corrected chi connectivity index (χ1v) is 20.7. The van der Waals surface area contributed by atoms with Crippen LogP contribution in [0.25, 0.3) is 0 Å². The molecule has 0 aliphatic rings. The minimum Gasteiger partial charge on any atom is -0.356 e. The smallest absolute Gasteiger partial charge is 0.220 e. The molecule has 4 heteroatoms. The molecule has 0 heterocycles. The molecule has 0 spiro atoms. The fourth-order valence-corrected chi connectivity index (χ4v) is 6.32. The highest BCUT2D eigenvalue weighted by Gasteiger charge is 2.15. The second-order valence-corrected chi connectivity index (χ2v) is 14.6. The largest absolute Gasteiger partial charge is 0.356 e. The standard InChI is InChI=1S/C42H82N2O2/c1-5-7-9-11-13-15-17-19-20-22-24-26-28-30-32-37-42(46)44-40(39(3)4)35-33-34-38-43-41(45)36-31-29-27-25-23-21-18-16-14-12-10-8-6-2/h16,18,39-40H,5-15,17,19-38H2,1-4H3,(H,43,45)(H,44,46)/b18-16-/t40-/m0/s1. The minimum absolute atomic E-state index is 0.197. The first-order chi connectivity index (χ1) is 22.5. The number of amides is 2. The molecule has 0 unspecified atom stereocenters. The summed E-state index contributed by atoms with van der Waals surface area (Å²) in [4.78, 5) is 24.8. The molecule has 4 nitrogen and oxygen atoms in total. The molecule has 0 aliphatic heterocycles. The average Bonchev–Trinajstić information content (AvgIpc) is 3.04. The highest BCUT2D eigenvalue weighted by Crippen LogP contribution is 2.15. The van der Waals surface area contributed by atoms with Gasteiger partial charge >= 0.3 is 0 Å². The van der Waals surface area contributed by atoms with E-state index in [9.17, 15) is 9.59 Å². The van der Waals surface area contributed by atoms with Crippen molar-refractivity contribution in [2.75, 3.05) is 6.54 Å². The third-order valence-corrected chi connectivity index (χ3v) is 9.59. The molecule has 0 radical (unpaired) electrons. The van der Waals surface area contributed by atoms with Crippen molar-refractivity contribution in [3.63, 3.8) is 0 Å². The van der Waals surface area contributed by atoms with Gasteiger partial charge in [0.15, 0.2) is 0 Å². The summed E-state index contributed by atoms with van der Waals surface area (Å²) >= 11 is 0. The van der Waals surface area contributed by atoms with Gasteiger partial charge in [0.2, 0.25) is 11.8 Å². The van der Waals surface area contributed by atoms with E-state index < -0.39 is 0 Å². The number of rotatable bonds is 36. The van der Waals surface area contributed by atoms with Gasteiger partial charge in [-0.05, 0) is 63.7 Å². The zero-order valence-corrected chi connectivity index (χ0v) is 31.8. The number of allylic oxidation sites excluding steroid dienone is 2. The molecule has 0 fully saturated rings. The van der Waals surface area contributed by atoms with Crippen LogP contribution in [0.1, 0.15) is 227 Å². The van der Waals surface area contributed by atoms with Crippen LogP contribution in [-0.2, 0) is 9.59 Å². The Morgan fingerprint density at radius 1 is 0.478 bits per heavy atom. The molecule has 0 aromatic rings. The summed E-state index contributed by atoms with van der Waals surface area (Å²) in [7, 11) is 0. The quantitative estimate of drug-likeness (QED) is 0.0525. The topological polar surface area (TPSA) is 58.2 Å². The van der Waals surface area contributed by atoms with Crippen LogP contribution in [0.5, 0.6) is 0 Å². The van der Waals surface area contributed by atoms with Gasteiger partial charge in [0.25, 0.3) is 0 Å². The summed E-state index contributed by atoms with van der Waals surface area (Å²) in [5.41, 5.74) is 0. The maximum atomic E-state index is 12.6. The SMILES string of the molecule is CCCCCC/C=C\CCCCCCCC(=O)NCCCC[C@H](NC(=O)CCCCCCCCCCCCCCCCC)C(C)C. The monoisotopic (exact) mass is 647 g/mol. The third kappa shape index (κ3) is 34.0. The van der Waals surface area contributed by atoms with E-state index in [1.165, 1.54) is 148 Å². The van der Waals surface area contributed by atoms with Crippen LogP contribution < -0.4 is 10.6 Å². The number of hydrogen-bond donors (Lipinski definition) is 2. The maximum absolute atomic E-state index is 12.6. The summed E-state index contributed by atoms with van der Waals surface area (Å²) in [6, 6.07) is 0.237. The molecule has 46 heavy (non-hydrogen) atoms. The summed E-state index contributed by atoms with van der Waals surface area (Å²) in [6.07, 6.45) is 43.0. The average molecular weight is 647 g/mol. The first-order valence-electron chi connectivity index (χ1n) is 20.7. The van der Waals surface area contributed by atoms with Gasteiger partial charge in [-0.3, -0.25) is 9.59 Å². The Morgan fingerprint density at radius 2 is 0.870 bits per heavy atom. The Hall–Kier alpha value is -1.32. The lowest BCUT2D eigenvalue weighted by Gasteiger charge is -2.22. The van der Waals surface area contributed by atoms with Gasteiger partial charge in [0, 0.05) is 25.4 Å². The molecule has 0 aromatic heterocycles. The fraction of sp³-hybridized carbons (Fsp3) is 0.905. The number of unbranched alkanes of at least 4 members (excludes halogenated alkanes) is 24. The van der Waals surface area contributed by atoms with E-state index >= 15 is 0 Å². The highest BCUT2D eigenvalue weighted by molar-refractivity contribution is 5.76. The molecule has 0 aromatic carbocycles. The lowest BCUT2D eigenvalue weighted by Crippen LogP contribution is -2.38. The fourth-order valence-electron chi connectivity index (χ4n) is 6.32. The second kappa shape index (κ2) is 36.5. The molecule has 2 amide bonds. The summed E-state index contributed by atoms with van der Waals surface area (Å²) < 4.78 is 0. The van der Waals surface area contributed by atoms with Gasteiger partial charge in [0.1, 0.15) is 0 Å². The van der Waals surface area contributed by atoms with Gasteiger partial charge in [-0.2, -0.15) is 0 Å². The van der Waals surface area contributed by atoms with E-state index in [0.717, 1.165) is 45.1 Å². The van der Waals surface area contributed by atoms with Crippen LogP contribution in [0.4, 0.5) is 0 Å². The molecule has 0 saturated heterocycles. The summed E-state index contributed by atoms with van der Waals surface area (Å²) in [5, 5.41) is 6.41. The Bertz CT molecular complexity index is 675. The Labute approximate surface area is 288 Å². The Kier molecular flexibility index (Phi) is 35.5. The zero-order chi connectivity index (χ0) is 33.8. The van der Waals surface area contributed by atoms with Crippen molar-refractivity contribution in [3.05, 3.63) is 12.2 Å². The summed E-state index contributed by atoms with van der Waals surface area (Å²) in [6.45, 7) is 9.70. The molecule has 272 valence electrons. The van der Waals surface area contributed by atoms with Crippen LogP contribution in [0.15, 0.2) is 12.2 Å². The van der Waals surface area contributed by atoms with Crippen molar-refractivity contribution in [2.45, 2.75) is 233 Å². The lowest BCUT2D eigenvalue weighted by atomic mass is 9.98. The van der Waals surface area contributed by atoms with Crippen molar-refractivity contribution in [3.8, 4) is 0 Å². The van der Waals surface area contributed by atoms with Gasteiger partial charge < -0.3 is 10.6 Å². The van der Waals surface area contributed by atoms with Crippen LogP contribution in [-0.4, -0.2) is 24.4 Å². The molecule has 0 rings (SSSR count). The van der Waals surface area contributed by atoms with E-state index in [1.54, 1.807) is 0 Å². The lowest BCUT2D eigenvalue weighted by molar-refractivity contribution is -0.122. The van der Waals surface area contributed by atoms with Crippen LogP contribution in [0.2, 0.25) is 0 Å². The molecular weight excluding hydrogens is 564 g/mol. The van der Waals surface area contributed by atoms with Gasteiger partial charge in [-0.1, -0.05) is 168 Å². The van der Waals surface area contributed by atoms with Crippen molar-refractivity contribution in [2.24, 2.45) is 5.92 Å². The Morgan fingerprint density at radius 3 is 1.33 bits per heavy atom.